The fourth-order valence-electron chi connectivity index (χ4n) is 2.51. The predicted octanol–water partition coefficient (Wildman–Crippen LogP) is 2.79. The number of carbonyl (C=O) groups is 1. The van der Waals surface area contributed by atoms with Gasteiger partial charge in [-0.05, 0) is 44.0 Å². The van der Waals surface area contributed by atoms with Crippen LogP contribution in [0, 0.1) is 0 Å². The average molecular weight is 291 g/mol. The lowest BCUT2D eigenvalue weighted by Crippen LogP contribution is -2.41. The van der Waals surface area contributed by atoms with Gasteiger partial charge in [-0.2, -0.15) is 0 Å². The van der Waals surface area contributed by atoms with Crippen LogP contribution in [0.15, 0.2) is 24.3 Å². The molecule has 0 spiro atoms. The second kappa shape index (κ2) is 9.40. The van der Waals surface area contributed by atoms with E-state index in [1.54, 1.807) is 0 Å². The number of anilines is 1. The van der Waals surface area contributed by atoms with Crippen LogP contribution in [-0.4, -0.2) is 29.9 Å². The fraction of sp³-hybridized carbons (Fsp3) is 0.588. The van der Waals surface area contributed by atoms with Crippen LogP contribution < -0.4 is 11.1 Å². The van der Waals surface area contributed by atoms with Crippen molar-refractivity contribution in [2.24, 2.45) is 0 Å². The van der Waals surface area contributed by atoms with E-state index in [1.807, 2.05) is 18.2 Å². The van der Waals surface area contributed by atoms with Crippen LogP contribution in [0.5, 0.6) is 0 Å². The topological polar surface area (TPSA) is 58.4 Å². The highest BCUT2D eigenvalue weighted by molar-refractivity contribution is 5.78. The summed E-state index contributed by atoms with van der Waals surface area (Å²) >= 11 is 0. The Hall–Kier alpha value is -1.55. The van der Waals surface area contributed by atoms with E-state index in [9.17, 15) is 4.79 Å². The molecule has 0 heterocycles. The molecule has 0 saturated heterocycles. The molecule has 0 aliphatic carbocycles. The Morgan fingerprint density at radius 1 is 1.33 bits per heavy atom. The monoisotopic (exact) mass is 291 g/mol. The highest BCUT2D eigenvalue weighted by Crippen LogP contribution is 2.10. The number of hydrogen-bond donors (Lipinski definition) is 2. The van der Waals surface area contributed by atoms with Crippen molar-refractivity contribution >= 4 is 11.6 Å². The minimum atomic E-state index is 0.105. The number of nitrogen functional groups attached to an aromatic ring is 1. The number of rotatable bonds is 9. The van der Waals surface area contributed by atoms with E-state index in [0.29, 0.717) is 6.54 Å². The number of nitrogens with two attached hydrogens (primary N) is 1. The number of benzene rings is 1. The van der Waals surface area contributed by atoms with Gasteiger partial charge in [-0.15, -0.1) is 0 Å². The summed E-state index contributed by atoms with van der Waals surface area (Å²) in [5.41, 5.74) is 7.73. The first-order valence-corrected chi connectivity index (χ1v) is 7.91. The third-order valence-corrected chi connectivity index (χ3v) is 3.39. The van der Waals surface area contributed by atoms with Crippen molar-refractivity contribution in [3.8, 4) is 0 Å². The van der Waals surface area contributed by atoms with Crippen LogP contribution in [0.4, 0.5) is 5.69 Å². The number of nitrogens with one attached hydrogen (secondary N) is 1. The van der Waals surface area contributed by atoms with Crippen LogP contribution in [0.1, 0.15) is 45.6 Å². The van der Waals surface area contributed by atoms with Gasteiger partial charge in [0.2, 0.25) is 5.91 Å². The van der Waals surface area contributed by atoms with Crippen molar-refractivity contribution in [3.63, 3.8) is 0 Å². The first-order valence-electron chi connectivity index (χ1n) is 7.91. The molecule has 1 aromatic rings. The summed E-state index contributed by atoms with van der Waals surface area (Å²) in [4.78, 5) is 14.3. The molecule has 1 amide bonds. The van der Waals surface area contributed by atoms with Crippen LogP contribution in [-0.2, 0) is 11.3 Å². The Labute approximate surface area is 128 Å². The van der Waals surface area contributed by atoms with Gasteiger partial charge in [-0.3, -0.25) is 9.69 Å². The molecular formula is C17H29N3O. The summed E-state index contributed by atoms with van der Waals surface area (Å²) in [6.45, 7) is 8.43. The van der Waals surface area contributed by atoms with Gasteiger partial charge in [0.15, 0.2) is 0 Å². The normalized spacial score (nSPS) is 12.4. The molecule has 21 heavy (non-hydrogen) atoms. The van der Waals surface area contributed by atoms with Crippen LogP contribution in [0.25, 0.3) is 0 Å². The third kappa shape index (κ3) is 7.14. The lowest BCUT2D eigenvalue weighted by Gasteiger charge is -2.22. The Kier molecular flexibility index (Phi) is 7.83. The first-order chi connectivity index (χ1) is 10.0. The van der Waals surface area contributed by atoms with E-state index in [4.69, 9.17) is 5.73 Å². The molecule has 0 saturated carbocycles. The van der Waals surface area contributed by atoms with Gasteiger partial charge >= 0.3 is 0 Å². The summed E-state index contributed by atoms with van der Waals surface area (Å²) < 4.78 is 0. The minimum absolute atomic E-state index is 0.105. The maximum Gasteiger partial charge on any atom is 0.234 e. The number of nitrogens with zero attached hydrogens (tertiary/aromatic N) is 1. The Morgan fingerprint density at radius 2 is 2.10 bits per heavy atom. The standard InChI is InChI=1S/C17H29N3O/c1-4-7-14(3)19-17(21)13-20(10-5-2)12-15-8-6-9-16(18)11-15/h6,8-9,11,14H,4-5,7,10,12-13,18H2,1-3H3,(H,19,21). The van der Waals surface area contributed by atoms with Crippen LogP contribution >= 0.6 is 0 Å². The fourth-order valence-corrected chi connectivity index (χ4v) is 2.51. The number of carbonyl (C=O) groups excluding carboxylic acids is 1. The Balaban J connectivity index is 2.54. The zero-order valence-corrected chi connectivity index (χ0v) is 13.6. The maximum atomic E-state index is 12.1. The Morgan fingerprint density at radius 3 is 2.71 bits per heavy atom. The van der Waals surface area contributed by atoms with E-state index in [1.165, 1.54) is 0 Å². The Bertz CT molecular complexity index is 434. The summed E-state index contributed by atoms with van der Waals surface area (Å²) in [6, 6.07) is 8.11. The van der Waals surface area contributed by atoms with E-state index >= 15 is 0 Å². The van der Waals surface area contributed by atoms with E-state index < -0.39 is 0 Å². The lowest BCUT2D eigenvalue weighted by atomic mass is 10.2. The highest BCUT2D eigenvalue weighted by Gasteiger charge is 2.12. The molecule has 1 rings (SSSR count). The molecule has 0 bridgehead atoms. The molecule has 4 heteroatoms. The SMILES string of the molecule is CCCC(C)NC(=O)CN(CCC)Cc1cccc(N)c1. The molecular weight excluding hydrogens is 262 g/mol. The van der Waals surface area contributed by atoms with Gasteiger partial charge in [0, 0.05) is 18.3 Å². The van der Waals surface area contributed by atoms with E-state index in [2.05, 4.69) is 37.1 Å². The zero-order valence-electron chi connectivity index (χ0n) is 13.6. The molecule has 0 fully saturated rings. The maximum absolute atomic E-state index is 12.1. The molecule has 4 nitrogen and oxygen atoms in total. The lowest BCUT2D eigenvalue weighted by molar-refractivity contribution is -0.123. The van der Waals surface area contributed by atoms with Crippen molar-refractivity contribution in [3.05, 3.63) is 29.8 Å². The predicted molar refractivity (Wildman–Crippen MR) is 88.9 cm³/mol. The van der Waals surface area contributed by atoms with Gasteiger partial charge in [-0.1, -0.05) is 32.4 Å². The average Bonchev–Trinajstić information content (AvgIpc) is 2.38. The van der Waals surface area contributed by atoms with Gasteiger partial charge in [0.05, 0.1) is 6.54 Å². The molecule has 0 aliphatic rings. The molecule has 0 aliphatic heterocycles. The molecule has 118 valence electrons. The molecule has 3 N–H and O–H groups in total. The van der Waals surface area contributed by atoms with Crippen molar-refractivity contribution in [1.82, 2.24) is 10.2 Å². The summed E-state index contributed by atoms with van der Waals surface area (Å²) in [5.74, 6) is 0.105. The van der Waals surface area contributed by atoms with Crippen molar-refractivity contribution < 1.29 is 4.79 Å². The van der Waals surface area contributed by atoms with E-state index in [-0.39, 0.29) is 11.9 Å². The first kappa shape index (κ1) is 17.5. The summed E-state index contributed by atoms with van der Waals surface area (Å²) in [7, 11) is 0. The van der Waals surface area contributed by atoms with Crippen molar-refractivity contribution in [1.29, 1.82) is 0 Å². The van der Waals surface area contributed by atoms with E-state index in [0.717, 1.165) is 43.6 Å². The summed E-state index contributed by atoms with van der Waals surface area (Å²) in [5, 5.41) is 3.06. The smallest absolute Gasteiger partial charge is 0.234 e. The molecule has 0 radical (unpaired) electrons. The third-order valence-electron chi connectivity index (χ3n) is 3.39. The van der Waals surface area contributed by atoms with Crippen LogP contribution in [0.3, 0.4) is 0 Å². The second-order valence-corrected chi connectivity index (χ2v) is 5.71. The van der Waals surface area contributed by atoms with Crippen molar-refractivity contribution in [2.45, 2.75) is 52.6 Å². The molecule has 0 aromatic heterocycles. The quantitative estimate of drug-likeness (QED) is 0.688. The van der Waals surface area contributed by atoms with Gasteiger partial charge < -0.3 is 11.1 Å². The number of amides is 1. The second-order valence-electron chi connectivity index (χ2n) is 5.71. The highest BCUT2D eigenvalue weighted by atomic mass is 16.2. The zero-order chi connectivity index (χ0) is 15.7. The minimum Gasteiger partial charge on any atom is -0.399 e. The van der Waals surface area contributed by atoms with Gasteiger partial charge in [0.25, 0.3) is 0 Å². The van der Waals surface area contributed by atoms with Crippen molar-refractivity contribution in [2.75, 3.05) is 18.8 Å². The van der Waals surface area contributed by atoms with Gasteiger partial charge in [-0.25, -0.2) is 0 Å². The summed E-state index contributed by atoms with van der Waals surface area (Å²) in [6.07, 6.45) is 3.14. The molecule has 1 aromatic carbocycles. The molecule has 1 unspecified atom stereocenters. The molecule has 1 atom stereocenters. The largest absolute Gasteiger partial charge is 0.399 e. The van der Waals surface area contributed by atoms with Crippen LogP contribution in [0.2, 0.25) is 0 Å². The number of hydrogen-bond acceptors (Lipinski definition) is 3. The van der Waals surface area contributed by atoms with Gasteiger partial charge in [0.1, 0.15) is 0 Å².